The molecule has 32 heavy (non-hydrogen) atoms. The van der Waals surface area contributed by atoms with Crippen molar-refractivity contribution in [3.05, 3.63) is 53.9 Å². The maximum Gasteiger partial charge on any atom is 0.330 e. The molecule has 1 aliphatic heterocycles. The number of hydrogen-bond acceptors (Lipinski definition) is 5. The number of likely N-dealkylation sites (tertiary alicyclic amines) is 1. The Kier molecular flexibility index (Phi) is 8.02. The third-order valence-electron chi connectivity index (χ3n) is 5.28. The van der Waals surface area contributed by atoms with Crippen LogP contribution in [0.15, 0.2) is 42.7 Å². The fourth-order valence-electron chi connectivity index (χ4n) is 3.45. The molecule has 9 nitrogen and oxygen atoms in total. The molecular weight excluding hydrogens is 410 g/mol. The number of carbonyl (C=O) groups is 3. The molecule has 3 rings (SSSR count). The Morgan fingerprint density at radius 2 is 1.91 bits per heavy atom. The molecular formula is C23H29N5O4. The van der Waals surface area contributed by atoms with Crippen LogP contribution in [-0.4, -0.2) is 58.8 Å². The van der Waals surface area contributed by atoms with Gasteiger partial charge in [0.2, 0.25) is 0 Å². The van der Waals surface area contributed by atoms with Gasteiger partial charge >= 0.3 is 12.0 Å². The first-order valence-electron chi connectivity index (χ1n) is 10.7. The summed E-state index contributed by atoms with van der Waals surface area (Å²) >= 11 is 0. The van der Waals surface area contributed by atoms with Crippen LogP contribution in [0.3, 0.4) is 0 Å². The molecule has 3 amide bonds. The first kappa shape index (κ1) is 23.1. The first-order valence-corrected chi connectivity index (χ1v) is 10.7. The van der Waals surface area contributed by atoms with E-state index in [2.05, 4.69) is 15.7 Å². The molecule has 1 aliphatic rings. The summed E-state index contributed by atoms with van der Waals surface area (Å²) in [5, 5.41) is 9.86. The van der Waals surface area contributed by atoms with Crippen LogP contribution >= 0.6 is 0 Å². The highest BCUT2D eigenvalue weighted by atomic mass is 16.5. The number of aryl methyl sites for hydroxylation is 1. The average Bonchev–Trinajstić information content (AvgIpc) is 3.24. The van der Waals surface area contributed by atoms with Gasteiger partial charge in [0.05, 0.1) is 18.4 Å². The molecule has 170 valence electrons. The Morgan fingerprint density at radius 3 is 2.53 bits per heavy atom. The SMILES string of the molecule is CCOC(=O)/C=C/c1ccc(NC(=O)N2CCC(CNC(=O)c3cnn(C)c3)CC2)cc1. The second kappa shape index (κ2) is 11.1. The standard InChI is InChI=1S/C23H29N5O4/c1-3-32-21(29)9-6-17-4-7-20(8-5-17)26-23(31)28-12-10-18(11-13-28)14-24-22(30)19-15-25-27(2)16-19/h4-9,15-16,18H,3,10-14H2,1-2H3,(H,24,30)(H,26,31)/b9-6+. The van der Waals surface area contributed by atoms with Crippen LogP contribution in [0.2, 0.25) is 0 Å². The van der Waals surface area contributed by atoms with Crippen molar-refractivity contribution >= 4 is 29.7 Å². The molecule has 0 bridgehead atoms. The van der Waals surface area contributed by atoms with Crippen molar-refractivity contribution in [2.24, 2.45) is 13.0 Å². The summed E-state index contributed by atoms with van der Waals surface area (Å²) in [6.45, 7) is 3.96. The van der Waals surface area contributed by atoms with Crippen LogP contribution in [0, 0.1) is 5.92 Å². The predicted octanol–water partition coefficient (Wildman–Crippen LogP) is 2.67. The van der Waals surface area contributed by atoms with Crippen LogP contribution in [0.5, 0.6) is 0 Å². The molecule has 2 aromatic rings. The van der Waals surface area contributed by atoms with Crippen LogP contribution < -0.4 is 10.6 Å². The molecule has 0 unspecified atom stereocenters. The van der Waals surface area contributed by atoms with E-state index in [1.807, 2.05) is 12.1 Å². The number of carbonyl (C=O) groups excluding carboxylic acids is 3. The zero-order chi connectivity index (χ0) is 22.9. The number of nitrogens with zero attached hydrogens (tertiary/aromatic N) is 3. The molecule has 0 aliphatic carbocycles. The minimum atomic E-state index is -0.384. The molecule has 1 aromatic heterocycles. The molecule has 2 heterocycles. The monoisotopic (exact) mass is 439 g/mol. The number of anilines is 1. The molecule has 1 aromatic carbocycles. The number of amides is 3. The summed E-state index contributed by atoms with van der Waals surface area (Å²) in [7, 11) is 1.77. The number of aromatic nitrogens is 2. The van der Waals surface area contributed by atoms with E-state index in [4.69, 9.17) is 4.74 Å². The van der Waals surface area contributed by atoms with Gasteiger partial charge in [-0.25, -0.2) is 9.59 Å². The number of benzene rings is 1. The van der Waals surface area contributed by atoms with Crippen molar-refractivity contribution in [1.29, 1.82) is 0 Å². The highest BCUT2D eigenvalue weighted by molar-refractivity contribution is 5.93. The van der Waals surface area contributed by atoms with Crippen LogP contribution in [0.25, 0.3) is 6.08 Å². The minimum Gasteiger partial charge on any atom is -0.463 e. The summed E-state index contributed by atoms with van der Waals surface area (Å²) in [6.07, 6.45) is 7.94. The summed E-state index contributed by atoms with van der Waals surface area (Å²) in [5.41, 5.74) is 2.08. The Balaban J connectivity index is 1.40. The smallest absolute Gasteiger partial charge is 0.330 e. The zero-order valence-corrected chi connectivity index (χ0v) is 18.4. The lowest BCUT2D eigenvalue weighted by Crippen LogP contribution is -2.43. The predicted molar refractivity (Wildman–Crippen MR) is 121 cm³/mol. The van der Waals surface area contributed by atoms with Crippen molar-refractivity contribution in [3.8, 4) is 0 Å². The largest absolute Gasteiger partial charge is 0.463 e. The topological polar surface area (TPSA) is 106 Å². The van der Waals surface area contributed by atoms with E-state index >= 15 is 0 Å². The van der Waals surface area contributed by atoms with Crippen molar-refractivity contribution in [3.63, 3.8) is 0 Å². The second-order valence-electron chi connectivity index (χ2n) is 7.68. The highest BCUT2D eigenvalue weighted by Gasteiger charge is 2.23. The van der Waals surface area contributed by atoms with E-state index in [1.165, 1.54) is 6.08 Å². The van der Waals surface area contributed by atoms with Gasteiger partial charge in [-0.1, -0.05) is 12.1 Å². The van der Waals surface area contributed by atoms with Gasteiger partial charge in [-0.3, -0.25) is 9.48 Å². The quantitative estimate of drug-likeness (QED) is 0.510. The Morgan fingerprint density at radius 1 is 1.19 bits per heavy atom. The van der Waals surface area contributed by atoms with E-state index in [1.54, 1.807) is 54.2 Å². The molecule has 1 fully saturated rings. The lowest BCUT2D eigenvalue weighted by molar-refractivity contribution is -0.137. The van der Waals surface area contributed by atoms with Crippen molar-refractivity contribution in [2.45, 2.75) is 19.8 Å². The molecule has 2 N–H and O–H groups in total. The van der Waals surface area contributed by atoms with E-state index < -0.39 is 0 Å². The number of nitrogens with one attached hydrogen (secondary N) is 2. The lowest BCUT2D eigenvalue weighted by Gasteiger charge is -2.32. The second-order valence-corrected chi connectivity index (χ2v) is 7.68. The van der Waals surface area contributed by atoms with Crippen molar-refractivity contribution in [1.82, 2.24) is 20.0 Å². The molecule has 0 spiro atoms. The van der Waals surface area contributed by atoms with E-state index in [0.717, 1.165) is 18.4 Å². The highest BCUT2D eigenvalue weighted by Crippen LogP contribution is 2.18. The van der Waals surface area contributed by atoms with Gasteiger partial charge in [-0.05, 0) is 49.5 Å². The van der Waals surface area contributed by atoms with Crippen LogP contribution in [-0.2, 0) is 16.6 Å². The molecule has 1 saturated heterocycles. The van der Waals surface area contributed by atoms with Gasteiger partial charge in [0.1, 0.15) is 0 Å². The summed E-state index contributed by atoms with van der Waals surface area (Å²) in [4.78, 5) is 37.9. The molecule has 0 atom stereocenters. The normalized spacial score (nSPS) is 14.4. The average molecular weight is 440 g/mol. The summed E-state index contributed by atoms with van der Waals surface area (Å²) < 4.78 is 6.45. The number of urea groups is 1. The first-order chi connectivity index (χ1) is 15.4. The van der Waals surface area contributed by atoms with Crippen LogP contribution in [0.1, 0.15) is 35.7 Å². The van der Waals surface area contributed by atoms with Crippen molar-refractivity contribution < 1.29 is 19.1 Å². The van der Waals surface area contributed by atoms with Gasteiger partial charge in [-0.2, -0.15) is 5.10 Å². The maximum absolute atomic E-state index is 12.6. The number of esters is 1. The van der Waals surface area contributed by atoms with Gasteiger partial charge in [0.25, 0.3) is 5.91 Å². The number of ether oxygens (including phenoxy) is 1. The summed E-state index contributed by atoms with van der Waals surface area (Å²) in [5.74, 6) is -0.172. The van der Waals surface area contributed by atoms with Gasteiger partial charge in [-0.15, -0.1) is 0 Å². The fourth-order valence-corrected chi connectivity index (χ4v) is 3.45. The van der Waals surface area contributed by atoms with Gasteiger partial charge in [0.15, 0.2) is 0 Å². The number of rotatable bonds is 7. The van der Waals surface area contributed by atoms with Crippen LogP contribution in [0.4, 0.5) is 10.5 Å². The Bertz CT molecular complexity index is 959. The summed E-state index contributed by atoms with van der Waals surface area (Å²) in [6, 6.07) is 7.09. The van der Waals surface area contributed by atoms with Gasteiger partial charge < -0.3 is 20.3 Å². The van der Waals surface area contributed by atoms with E-state index in [-0.39, 0.29) is 17.9 Å². The molecule has 0 radical (unpaired) electrons. The third kappa shape index (κ3) is 6.69. The zero-order valence-electron chi connectivity index (χ0n) is 18.4. The van der Waals surface area contributed by atoms with Gasteiger partial charge in [0, 0.05) is 44.6 Å². The number of piperidine rings is 1. The lowest BCUT2D eigenvalue weighted by atomic mass is 9.97. The molecule has 9 heteroatoms. The Labute approximate surface area is 187 Å². The number of hydrogen-bond donors (Lipinski definition) is 2. The maximum atomic E-state index is 12.6. The minimum absolute atomic E-state index is 0.126. The third-order valence-corrected chi connectivity index (χ3v) is 5.28. The molecule has 0 saturated carbocycles. The fraction of sp³-hybridized carbons (Fsp3) is 0.391. The Hall–Kier alpha value is -3.62. The van der Waals surface area contributed by atoms with E-state index in [9.17, 15) is 14.4 Å². The van der Waals surface area contributed by atoms with E-state index in [0.29, 0.717) is 43.4 Å². The van der Waals surface area contributed by atoms with Crippen molar-refractivity contribution in [2.75, 3.05) is 31.6 Å².